The highest BCUT2D eigenvalue weighted by Gasteiger charge is 2.16. The van der Waals surface area contributed by atoms with Crippen molar-refractivity contribution in [2.45, 2.75) is 44.7 Å². The van der Waals surface area contributed by atoms with Crippen LogP contribution in [0.4, 0.5) is 5.95 Å². The number of benzene rings is 1. The number of carbonyl (C=O) groups is 1. The number of rotatable bonds is 5. The average molecular weight is 354 g/mol. The van der Waals surface area contributed by atoms with Gasteiger partial charge in [-0.2, -0.15) is 0 Å². The molecule has 136 valence electrons. The topological polar surface area (TPSA) is 85.4 Å². The Morgan fingerprint density at radius 3 is 2.85 bits per heavy atom. The quantitative estimate of drug-likeness (QED) is 0.859. The normalized spacial score (nSPS) is 16.3. The number of hydrogen-bond donors (Lipinski definition) is 2. The molecule has 0 spiro atoms. The molecule has 0 bridgehead atoms. The van der Waals surface area contributed by atoms with Crippen molar-refractivity contribution in [2.75, 3.05) is 12.1 Å². The van der Waals surface area contributed by atoms with Crippen molar-refractivity contribution in [1.29, 1.82) is 0 Å². The van der Waals surface area contributed by atoms with Crippen molar-refractivity contribution >= 4 is 11.9 Å². The molecule has 0 atom stereocenters. The van der Waals surface area contributed by atoms with Gasteiger partial charge in [0.25, 0.3) is 5.91 Å². The van der Waals surface area contributed by atoms with Gasteiger partial charge in [0, 0.05) is 18.8 Å². The minimum Gasteiger partial charge on any atom is -0.454 e. The number of ether oxygens (including phenoxy) is 2. The van der Waals surface area contributed by atoms with Gasteiger partial charge in [0.15, 0.2) is 11.5 Å². The number of amides is 1. The third-order valence-corrected chi connectivity index (χ3v) is 4.72. The van der Waals surface area contributed by atoms with Crippen LogP contribution in [0.2, 0.25) is 0 Å². The molecule has 1 amide bonds. The number of hydrogen-bond acceptors (Lipinski definition) is 6. The van der Waals surface area contributed by atoms with Crippen LogP contribution in [0.15, 0.2) is 30.5 Å². The van der Waals surface area contributed by atoms with Crippen LogP contribution in [-0.4, -0.2) is 28.7 Å². The second kappa shape index (κ2) is 7.59. The third kappa shape index (κ3) is 3.87. The molecule has 0 radical (unpaired) electrons. The van der Waals surface area contributed by atoms with Gasteiger partial charge in [-0.3, -0.25) is 4.79 Å². The summed E-state index contributed by atoms with van der Waals surface area (Å²) in [6, 6.07) is 7.65. The fraction of sp³-hybridized carbons (Fsp3) is 0.421. The second-order valence-electron chi connectivity index (χ2n) is 6.62. The summed E-state index contributed by atoms with van der Waals surface area (Å²) in [6.45, 7) is 0.633. The summed E-state index contributed by atoms with van der Waals surface area (Å²) in [5.74, 6) is 1.73. The maximum atomic E-state index is 12.4. The van der Waals surface area contributed by atoms with Crippen LogP contribution in [0.3, 0.4) is 0 Å². The van der Waals surface area contributed by atoms with E-state index < -0.39 is 0 Å². The lowest BCUT2D eigenvalue weighted by atomic mass is 9.96. The first kappa shape index (κ1) is 16.6. The van der Waals surface area contributed by atoms with Crippen LogP contribution in [0.25, 0.3) is 0 Å². The molecule has 1 aliphatic heterocycles. The second-order valence-corrected chi connectivity index (χ2v) is 6.62. The molecule has 2 aromatic rings. The van der Waals surface area contributed by atoms with Crippen LogP contribution >= 0.6 is 0 Å². The number of carbonyl (C=O) groups excluding carboxylic acids is 1. The highest BCUT2D eigenvalue weighted by atomic mass is 16.7. The zero-order valence-electron chi connectivity index (χ0n) is 14.5. The minimum absolute atomic E-state index is 0.225. The van der Waals surface area contributed by atoms with Gasteiger partial charge in [-0.1, -0.05) is 25.3 Å². The van der Waals surface area contributed by atoms with Crippen molar-refractivity contribution in [3.8, 4) is 11.5 Å². The van der Waals surface area contributed by atoms with E-state index >= 15 is 0 Å². The summed E-state index contributed by atoms with van der Waals surface area (Å²) in [5.41, 5.74) is 1.30. The van der Waals surface area contributed by atoms with E-state index in [9.17, 15) is 4.79 Å². The molecule has 7 heteroatoms. The molecular formula is C19H22N4O3. The van der Waals surface area contributed by atoms with Crippen LogP contribution in [-0.2, 0) is 6.54 Å². The first-order valence-corrected chi connectivity index (χ1v) is 9.04. The predicted octanol–water partition coefficient (Wildman–Crippen LogP) is 2.88. The summed E-state index contributed by atoms with van der Waals surface area (Å²) in [7, 11) is 0. The molecule has 0 saturated heterocycles. The van der Waals surface area contributed by atoms with Gasteiger partial charge in [0.1, 0.15) is 5.69 Å². The third-order valence-electron chi connectivity index (χ3n) is 4.72. The summed E-state index contributed by atoms with van der Waals surface area (Å²) < 4.78 is 10.6. The molecule has 7 nitrogen and oxygen atoms in total. The highest BCUT2D eigenvalue weighted by Crippen LogP contribution is 2.32. The standard InChI is InChI=1S/C19H22N4O3/c24-18(21-11-13-6-7-16-17(10-13)26-12-25-16)15-8-9-20-19(23-15)22-14-4-2-1-3-5-14/h6-10,14H,1-5,11-12H2,(H,21,24)(H,20,22,23). The Morgan fingerprint density at radius 2 is 1.96 bits per heavy atom. The Hall–Kier alpha value is -2.83. The fourth-order valence-corrected chi connectivity index (χ4v) is 3.31. The lowest BCUT2D eigenvalue weighted by molar-refractivity contribution is 0.0945. The van der Waals surface area contributed by atoms with Crippen molar-refractivity contribution in [3.05, 3.63) is 41.7 Å². The van der Waals surface area contributed by atoms with Crippen molar-refractivity contribution < 1.29 is 14.3 Å². The van der Waals surface area contributed by atoms with Gasteiger partial charge in [0.05, 0.1) is 0 Å². The SMILES string of the molecule is O=C(NCc1ccc2c(c1)OCO2)c1ccnc(NC2CCCCC2)n1. The summed E-state index contributed by atoms with van der Waals surface area (Å²) in [4.78, 5) is 21.0. The first-order valence-electron chi connectivity index (χ1n) is 9.04. The molecule has 4 rings (SSSR count). The molecule has 2 N–H and O–H groups in total. The Kier molecular flexibility index (Phi) is 4.86. The van der Waals surface area contributed by atoms with Gasteiger partial charge in [-0.25, -0.2) is 9.97 Å². The predicted molar refractivity (Wildman–Crippen MR) is 96.3 cm³/mol. The summed E-state index contributed by atoms with van der Waals surface area (Å²) in [6.07, 6.45) is 7.63. The van der Waals surface area contributed by atoms with Crippen LogP contribution in [0.1, 0.15) is 48.2 Å². The number of fused-ring (bicyclic) bond motifs is 1. The molecule has 2 aliphatic rings. The van der Waals surface area contributed by atoms with E-state index in [1.807, 2.05) is 18.2 Å². The summed E-state index contributed by atoms with van der Waals surface area (Å²) in [5, 5.41) is 6.23. The largest absolute Gasteiger partial charge is 0.454 e. The number of nitrogens with zero attached hydrogens (tertiary/aromatic N) is 2. The Balaban J connectivity index is 1.36. The van der Waals surface area contributed by atoms with E-state index in [2.05, 4.69) is 20.6 Å². The van der Waals surface area contributed by atoms with Crippen molar-refractivity contribution in [2.24, 2.45) is 0 Å². The van der Waals surface area contributed by atoms with E-state index in [1.54, 1.807) is 12.3 Å². The molecule has 26 heavy (non-hydrogen) atoms. The molecule has 1 fully saturated rings. The van der Waals surface area contributed by atoms with E-state index in [1.165, 1.54) is 19.3 Å². The molecule has 1 aromatic heterocycles. The van der Waals surface area contributed by atoms with E-state index in [0.29, 0.717) is 30.0 Å². The molecule has 2 heterocycles. The number of aromatic nitrogens is 2. The number of anilines is 1. The molecule has 1 aliphatic carbocycles. The lowest BCUT2D eigenvalue weighted by Gasteiger charge is -2.22. The molecular weight excluding hydrogens is 332 g/mol. The zero-order valence-corrected chi connectivity index (χ0v) is 14.5. The van der Waals surface area contributed by atoms with E-state index in [-0.39, 0.29) is 12.7 Å². The van der Waals surface area contributed by atoms with Gasteiger partial charge in [-0.15, -0.1) is 0 Å². The summed E-state index contributed by atoms with van der Waals surface area (Å²) >= 11 is 0. The smallest absolute Gasteiger partial charge is 0.270 e. The van der Waals surface area contributed by atoms with E-state index in [0.717, 1.165) is 24.2 Å². The van der Waals surface area contributed by atoms with Crippen LogP contribution in [0, 0.1) is 0 Å². The zero-order chi connectivity index (χ0) is 17.8. The maximum absolute atomic E-state index is 12.4. The van der Waals surface area contributed by atoms with Crippen LogP contribution < -0.4 is 20.1 Å². The van der Waals surface area contributed by atoms with Gasteiger partial charge >= 0.3 is 0 Å². The molecule has 1 aromatic carbocycles. The van der Waals surface area contributed by atoms with Gasteiger partial charge in [-0.05, 0) is 36.6 Å². The highest BCUT2D eigenvalue weighted by molar-refractivity contribution is 5.92. The Labute approximate surface area is 152 Å². The Bertz CT molecular complexity index is 790. The maximum Gasteiger partial charge on any atom is 0.270 e. The van der Waals surface area contributed by atoms with Crippen molar-refractivity contribution in [1.82, 2.24) is 15.3 Å². The lowest BCUT2D eigenvalue weighted by Crippen LogP contribution is -2.26. The van der Waals surface area contributed by atoms with Crippen molar-refractivity contribution in [3.63, 3.8) is 0 Å². The Morgan fingerprint density at radius 1 is 1.12 bits per heavy atom. The molecule has 0 unspecified atom stereocenters. The minimum atomic E-state index is -0.225. The van der Waals surface area contributed by atoms with E-state index in [4.69, 9.17) is 9.47 Å². The monoisotopic (exact) mass is 354 g/mol. The average Bonchev–Trinajstić information content (AvgIpc) is 3.15. The molecule has 1 saturated carbocycles. The number of nitrogens with one attached hydrogen (secondary N) is 2. The first-order chi connectivity index (χ1) is 12.8. The van der Waals surface area contributed by atoms with Gasteiger partial charge in [0.2, 0.25) is 12.7 Å². The van der Waals surface area contributed by atoms with Gasteiger partial charge < -0.3 is 20.1 Å². The van der Waals surface area contributed by atoms with Crippen LogP contribution in [0.5, 0.6) is 11.5 Å². The fourth-order valence-electron chi connectivity index (χ4n) is 3.31.